The number of halogens is 2. The first-order valence-corrected chi connectivity index (χ1v) is 12.2. The van der Waals surface area contributed by atoms with E-state index in [1.54, 1.807) is 0 Å². The summed E-state index contributed by atoms with van der Waals surface area (Å²) in [5.74, 6) is -2.47. The average molecular weight is 559 g/mol. The van der Waals surface area contributed by atoms with Gasteiger partial charge in [-0.05, 0) is 16.8 Å². The first-order valence-electron chi connectivity index (χ1n) is 9.95. The summed E-state index contributed by atoms with van der Waals surface area (Å²) < 4.78 is 22.2. The second-order valence-electron chi connectivity index (χ2n) is 7.10. The van der Waals surface area contributed by atoms with Crippen molar-refractivity contribution >= 4 is 69.4 Å². The van der Waals surface area contributed by atoms with Crippen molar-refractivity contribution < 1.29 is 38.3 Å². The first kappa shape index (κ1) is 25.5. The third kappa shape index (κ3) is 4.87. The average Bonchev–Trinajstić information content (AvgIpc) is 3.44. The van der Waals surface area contributed by atoms with E-state index in [1.165, 1.54) is 30.0 Å². The zero-order valence-corrected chi connectivity index (χ0v) is 20.3. The number of rotatable bonds is 9. The van der Waals surface area contributed by atoms with Crippen molar-refractivity contribution in [3.05, 3.63) is 39.2 Å². The number of nitrogens with zero attached hydrogens (tertiary/aromatic N) is 4. The highest BCUT2D eigenvalue weighted by Gasteiger charge is 2.54. The predicted molar refractivity (Wildman–Crippen MR) is 127 cm³/mol. The Morgan fingerprint density at radius 3 is 2.89 bits per heavy atom. The molecule has 2 aromatic rings. The van der Waals surface area contributed by atoms with Crippen molar-refractivity contribution in [2.24, 2.45) is 5.16 Å². The minimum atomic E-state index is -1.34. The van der Waals surface area contributed by atoms with Crippen molar-refractivity contribution in [1.82, 2.24) is 20.4 Å². The fourth-order valence-electron chi connectivity index (χ4n) is 3.39. The number of anilines is 1. The van der Waals surface area contributed by atoms with Crippen LogP contribution in [0.2, 0.25) is 4.34 Å². The summed E-state index contributed by atoms with van der Waals surface area (Å²) in [6, 6.07) is 0.313. The monoisotopic (exact) mass is 558 g/mol. The second kappa shape index (κ2) is 10.5. The number of hydrogen-bond donors (Lipinski definition) is 4. The van der Waals surface area contributed by atoms with E-state index in [1.807, 2.05) is 0 Å². The molecule has 190 valence electrons. The van der Waals surface area contributed by atoms with Gasteiger partial charge in [0.05, 0.1) is 0 Å². The fourth-order valence-corrected chi connectivity index (χ4v) is 5.64. The van der Waals surface area contributed by atoms with Crippen LogP contribution < -0.4 is 15.8 Å². The Balaban J connectivity index is 1.49. The molecule has 0 aliphatic carbocycles. The van der Waals surface area contributed by atoms with E-state index in [0.717, 1.165) is 16.2 Å². The number of nitrogens with two attached hydrogens (primary N) is 1. The van der Waals surface area contributed by atoms with E-state index in [-0.39, 0.29) is 44.9 Å². The molecular formula is C19H16ClFN6O7S2. The molecule has 1 fully saturated rings. The molecule has 0 bridgehead atoms. The molecular weight excluding hydrogens is 543 g/mol. The van der Waals surface area contributed by atoms with Crippen LogP contribution in [0.3, 0.4) is 0 Å². The zero-order chi connectivity index (χ0) is 26.0. The number of carboxylic acids is 1. The number of ether oxygens (including phenoxy) is 1. The second-order valence-corrected chi connectivity index (χ2v) is 9.84. The number of oxime groups is 1. The molecule has 0 radical (unpaired) electrons. The summed E-state index contributed by atoms with van der Waals surface area (Å²) in [7, 11) is 0. The van der Waals surface area contributed by atoms with Crippen LogP contribution in [0.1, 0.15) is 11.5 Å². The number of thioether (sulfide) groups is 1. The van der Waals surface area contributed by atoms with Crippen molar-refractivity contribution in [2.45, 2.75) is 11.4 Å². The molecule has 2 amide bonds. The fraction of sp³-hybridized carbons (Fsp3) is 0.263. The maximum atomic E-state index is 12.8. The molecule has 13 nitrogen and oxygen atoms in total. The minimum Gasteiger partial charge on any atom is -0.477 e. The Morgan fingerprint density at radius 1 is 1.47 bits per heavy atom. The molecule has 1 saturated heterocycles. The highest BCUT2D eigenvalue weighted by atomic mass is 35.5. The number of hydrogen-bond acceptors (Lipinski definition) is 12. The number of aromatic nitrogens is 2. The van der Waals surface area contributed by atoms with E-state index >= 15 is 0 Å². The van der Waals surface area contributed by atoms with Gasteiger partial charge in [0.2, 0.25) is 0 Å². The molecule has 0 aromatic carbocycles. The SMILES string of the molecule is Nc1nc(/C(=N/O)C(=O)N[C@@H]2C(=O)N3C(C(=O)O)=C(/C=C\c4cc(OCCF)no4)CS[C@H]23)c(Cl)s1. The predicted octanol–water partition coefficient (Wildman–Crippen LogP) is 1.35. The Hall–Kier alpha value is -3.63. The number of thiazole rings is 1. The molecule has 36 heavy (non-hydrogen) atoms. The van der Waals surface area contributed by atoms with Crippen LogP contribution in [0.4, 0.5) is 9.52 Å². The minimum absolute atomic E-state index is 0.0180. The van der Waals surface area contributed by atoms with Gasteiger partial charge in [0, 0.05) is 11.8 Å². The Morgan fingerprint density at radius 2 is 2.25 bits per heavy atom. The number of fused-ring (bicyclic) bond motifs is 1. The van der Waals surface area contributed by atoms with Crippen LogP contribution >= 0.6 is 34.7 Å². The lowest BCUT2D eigenvalue weighted by Gasteiger charge is -2.49. The number of carbonyl (C=O) groups excluding carboxylic acids is 2. The van der Waals surface area contributed by atoms with Crippen LogP contribution in [0.5, 0.6) is 5.88 Å². The molecule has 4 rings (SSSR count). The molecule has 0 saturated carbocycles. The van der Waals surface area contributed by atoms with Gasteiger partial charge in [-0.2, -0.15) is 0 Å². The topological polar surface area (TPSA) is 193 Å². The van der Waals surface area contributed by atoms with Gasteiger partial charge in [0.15, 0.2) is 16.6 Å². The summed E-state index contributed by atoms with van der Waals surface area (Å²) in [4.78, 5) is 42.4. The normalized spacial score (nSPS) is 19.9. The van der Waals surface area contributed by atoms with Crippen LogP contribution in [-0.4, -0.2) is 79.3 Å². The molecule has 2 atom stereocenters. The Bertz CT molecular complexity index is 1310. The highest BCUT2D eigenvalue weighted by molar-refractivity contribution is 8.00. The Labute approximate surface area is 214 Å². The van der Waals surface area contributed by atoms with Crippen molar-refractivity contribution in [2.75, 3.05) is 24.8 Å². The number of nitrogens with one attached hydrogen (secondary N) is 1. The first-order chi connectivity index (χ1) is 17.2. The van der Waals surface area contributed by atoms with Gasteiger partial charge in [-0.15, -0.1) is 11.8 Å². The highest BCUT2D eigenvalue weighted by Crippen LogP contribution is 2.41. The molecule has 17 heteroatoms. The number of alkyl halides is 1. The summed E-state index contributed by atoms with van der Waals surface area (Å²) in [6.45, 7) is -0.884. The number of amides is 2. The number of carbonyl (C=O) groups is 3. The summed E-state index contributed by atoms with van der Waals surface area (Å²) in [5, 5.41) is 27.3. The van der Waals surface area contributed by atoms with E-state index in [2.05, 4.69) is 20.6 Å². The van der Waals surface area contributed by atoms with Gasteiger partial charge in [-0.1, -0.05) is 34.2 Å². The maximum absolute atomic E-state index is 12.8. The van der Waals surface area contributed by atoms with Crippen LogP contribution in [0, 0.1) is 0 Å². The molecule has 2 aromatic heterocycles. The summed E-state index contributed by atoms with van der Waals surface area (Å²) >= 11 is 8.05. The number of aliphatic carboxylic acids is 1. The standard InChI is InChI=1S/C19H16ClFN6O7S2/c20-14-10(24-19(22)36-14)11(25-32)15(28)23-12-16(29)27-13(18(30)31)7(6-35-17(12)27)1-2-8-5-9(26-34-8)33-4-3-21/h1-2,5,12,17,32H,3-4,6H2,(H2,22,24)(H,23,28)(H,30,31)/b2-1-,25-11-/t12-,17-/m1/s1. The van der Waals surface area contributed by atoms with Crippen LogP contribution in [-0.2, 0) is 14.4 Å². The van der Waals surface area contributed by atoms with Crippen LogP contribution in [0.25, 0.3) is 6.08 Å². The van der Waals surface area contributed by atoms with Gasteiger partial charge in [0.1, 0.15) is 40.4 Å². The van der Waals surface area contributed by atoms with Gasteiger partial charge in [-0.25, -0.2) is 14.2 Å². The third-order valence-corrected chi connectivity index (χ3v) is 7.30. The van der Waals surface area contributed by atoms with E-state index in [4.69, 9.17) is 26.6 Å². The number of β-lactam (4-membered cyclic amide) rings is 1. The van der Waals surface area contributed by atoms with E-state index in [9.17, 15) is 29.1 Å². The molecule has 0 spiro atoms. The summed E-state index contributed by atoms with van der Waals surface area (Å²) in [6.07, 6.45) is 2.89. The van der Waals surface area contributed by atoms with Crippen molar-refractivity contribution in [3.63, 3.8) is 0 Å². The van der Waals surface area contributed by atoms with E-state index in [0.29, 0.717) is 5.57 Å². The molecule has 4 heterocycles. The smallest absolute Gasteiger partial charge is 0.352 e. The summed E-state index contributed by atoms with van der Waals surface area (Å²) in [5.41, 5.74) is 4.92. The molecule has 2 aliphatic rings. The zero-order valence-electron chi connectivity index (χ0n) is 17.9. The van der Waals surface area contributed by atoms with Crippen molar-refractivity contribution in [3.8, 4) is 5.88 Å². The lowest BCUT2D eigenvalue weighted by molar-refractivity contribution is -0.150. The van der Waals surface area contributed by atoms with Gasteiger partial charge >= 0.3 is 5.97 Å². The van der Waals surface area contributed by atoms with Crippen LogP contribution in [0.15, 0.2) is 33.1 Å². The lowest BCUT2D eigenvalue weighted by Crippen LogP contribution is -2.71. The molecule has 5 N–H and O–H groups in total. The van der Waals surface area contributed by atoms with Gasteiger partial charge in [-0.3, -0.25) is 14.5 Å². The number of carboxylic acid groups (broad SMARTS) is 1. The number of nitrogen functional groups attached to an aromatic ring is 1. The Kier molecular flexibility index (Phi) is 7.46. The third-order valence-electron chi connectivity index (χ3n) is 4.91. The molecule has 0 unspecified atom stereocenters. The van der Waals surface area contributed by atoms with Crippen molar-refractivity contribution in [1.29, 1.82) is 0 Å². The largest absolute Gasteiger partial charge is 0.477 e. The number of allylic oxidation sites excluding steroid dienone is 1. The van der Waals surface area contributed by atoms with Gasteiger partial charge in [0.25, 0.3) is 17.7 Å². The van der Waals surface area contributed by atoms with E-state index < -0.39 is 41.6 Å². The molecule has 2 aliphatic heterocycles. The quantitative estimate of drug-likeness (QED) is 0.150. The van der Waals surface area contributed by atoms with Gasteiger partial charge < -0.3 is 30.6 Å². The maximum Gasteiger partial charge on any atom is 0.352 e. The lowest BCUT2D eigenvalue weighted by atomic mass is 10.0.